The number of imide groups is 1. The molecule has 4 atom stereocenters. The molecule has 2 aromatic carbocycles. The number of amides is 4. The summed E-state index contributed by atoms with van der Waals surface area (Å²) in [4.78, 5) is 53.8. The molecule has 6 rings (SSSR count). The zero-order chi connectivity index (χ0) is 23.8. The largest absolute Gasteiger partial charge is 0.454 e. The predicted octanol–water partition coefficient (Wildman–Crippen LogP) is 0.520. The van der Waals surface area contributed by atoms with Crippen molar-refractivity contribution in [3.05, 3.63) is 53.1 Å². The van der Waals surface area contributed by atoms with Gasteiger partial charge in [0.25, 0.3) is 0 Å². The first-order chi connectivity index (χ1) is 16.3. The summed E-state index contributed by atoms with van der Waals surface area (Å²) >= 11 is 0. The quantitative estimate of drug-likeness (QED) is 0.563. The van der Waals surface area contributed by atoms with Crippen LogP contribution >= 0.6 is 0 Å². The second kappa shape index (κ2) is 7.04. The molecule has 0 aromatic heterocycles. The molecule has 174 valence electrons. The number of primary amides is 1. The number of hydrogen-bond donors (Lipinski definition) is 3. The van der Waals surface area contributed by atoms with E-state index in [2.05, 4.69) is 10.6 Å². The van der Waals surface area contributed by atoms with Gasteiger partial charge in [-0.25, -0.2) is 0 Å². The molecule has 4 heterocycles. The number of ether oxygens (including phenoxy) is 2. The normalized spacial score (nSPS) is 28.4. The van der Waals surface area contributed by atoms with Crippen molar-refractivity contribution in [3.63, 3.8) is 0 Å². The lowest BCUT2D eigenvalue weighted by Crippen LogP contribution is -2.53. The molecule has 0 saturated carbocycles. The van der Waals surface area contributed by atoms with E-state index in [1.165, 1.54) is 4.90 Å². The van der Waals surface area contributed by atoms with E-state index >= 15 is 0 Å². The number of aryl methyl sites for hydroxylation is 1. The summed E-state index contributed by atoms with van der Waals surface area (Å²) in [7, 11) is 0. The second-order valence-electron chi connectivity index (χ2n) is 9.19. The van der Waals surface area contributed by atoms with Gasteiger partial charge in [0.05, 0.1) is 18.4 Å². The Morgan fingerprint density at radius 2 is 1.91 bits per heavy atom. The third kappa shape index (κ3) is 2.72. The summed E-state index contributed by atoms with van der Waals surface area (Å²) in [5, 5.41) is 6.04. The third-order valence-corrected chi connectivity index (χ3v) is 7.16. The molecule has 0 radical (unpaired) electrons. The Bertz CT molecular complexity index is 1290. The van der Waals surface area contributed by atoms with E-state index in [4.69, 9.17) is 15.2 Å². The van der Waals surface area contributed by atoms with E-state index in [1.54, 1.807) is 24.3 Å². The highest BCUT2D eigenvalue weighted by molar-refractivity contribution is 6.15. The van der Waals surface area contributed by atoms with E-state index in [0.717, 1.165) is 5.56 Å². The minimum atomic E-state index is -1.46. The first kappa shape index (κ1) is 20.7. The van der Waals surface area contributed by atoms with Gasteiger partial charge < -0.3 is 20.5 Å². The maximum atomic E-state index is 13.8. The number of carbonyl (C=O) groups is 4. The monoisotopic (exact) mass is 462 g/mol. The van der Waals surface area contributed by atoms with Crippen LogP contribution in [-0.2, 0) is 31.3 Å². The van der Waals surface area contributed by atoms with Crippen LogP contribution in [0.3, 0.4) is 0 Å². The number of fused-ring (bicyclic) bond motifs is 5. The van der Waals surface area contributed by atoms with Gasteiger partial charge in [0.2, 0.25) is 30.4 Å². The Hall–Kier alpha value is -3.92. The molecule has 2 aromatic rings. The molecule has 2 fully saturated rings. The molecular formula is C24H22N4O6. The van der Waals surface area contributed by atoms with E-state index in [9.17, 15) is 19.2 Å². The van der Waals surface area contributed by atoms with Crippen LogP contribution in [-0.4, -0.2) is 41.4 Å². The Balaban J connectivity index is 1.42. The van der Waals surface area contributed by atoms with Crippen molar-refractivity contribution in [1.29, 1.82) is 0 Å². The van der Waals surface area contributed by atoms with E-state index in [1.807, 2.05) is 19.1 Å². The number of rotatable bonds is 4. The summed E-state index contributed by atoms with van der Waals surface area (Å²) < 4.78 is 10.7. The summed E-state index contributed by atoms with van der Waals surface area (Å²) in [5.41, 5.74) is 6.79. The average molecular weight is 462 g/mol. The van der Waals surface area contributed by atoms with Crippen LogP contribution in [0.2, 0.25) is 0 Å². The van der Waals surface area contributed by atoms with E-state index in [0.29, 0.717) is 28.3 Å². The highest BCUT2D eigenvalue weighted by Crippen LogP contribution is 2.53. The Kier molecular flexibility index (Phi) is 4.28. The second-order valence-corrected chi connectivity index (χ2v) is 9.19. The molecule has 0 bridgehead atoms. The molecule has 0 aliphatic carbocycles. The number of nitrogens with zero attached hydrogens (tertiary/aromatic N) is 1. The molecule has 4 N–H and O–H groups in total. The van der Waals surface area contributed by atoms with Crippen LogP contribution < -0.4 is 25.8 Å². The molecule has 34 heavy (non-hydrogen) atoms. The Morgan fingerprint density at radius 3 is 2.71 bits per heavy atom. The average Bonchev–Trinajstić information content (AvgIpc) is 3.51. The molecule has 4 aliphatic heterocycles. The van der Waals surface area contributed by atoms with Crippen LogP contribution in [0.15, 0.2) is 36.4 Å². The van der Waals surface area contributed by atoms with Crippen LogP contribution in [0, 0.1) is 18.8 Å². The van der Waals surface area contributed by atoms with E-state index in [-0.39, 0.29) is 19.8 Å². The minimum Gasteiger partial charge on any atom is -0.454 e. The summed E-state index contributed by atoms with van der Waals surface area (Å²) in [5.74, 6) is -2.69. The maximum absolute atomic E-state index is 13.8. The van der Waals surface area contributed by atoms with Gasteiger partial charge in [0.15, 0.2) is 11.5 Å². The Labute approximate surface area is 194 Å². The fourth-order valence-electron chi connectivity index (χ4n) is 5.74. The highest BCUT2D eigenvalue weighted by Gasteiger charge is 2.70. The highest BCUT2D eigenvalue weighted by atomic mass is 16.7. The molecule has 2 unspecified atom stereocenters. The number of benzene rings is 2. The van der Waals surface area contributed by atoms with Crippen molar-refractivity contribution < 1.29 is 28.7 Å². The molecule has 4 amide bonds. The van der Waals surface area contributed by atoms with Crippen molar-refractivity contribution in [2.45, 2.75) is 31.5 Å². The van der Waals surface area contributed by atoms with Gasteiger partial charge >= 0.3 is 0 Å². The number of likely N-dealkylation sites (tertiary alicyclic amines) is 1. The lowest BCUT2D eigenvalue weighted by molar-refractivity contribution is -0.143. The predicted molar refractivity (Wildman–Crippen MR) is 117 cm³/mol. The summed E-state index contributed by atoms with van der Waals surface area (Å²) in [6, 6.07) is 9.94. The van der Waals surface area contributed by atoms with Crippen molar-refractivity contribution in [2.24, 2.45) is 17.6 Å². The van der Waals surface area contributed by atoms with Crippen LogP contribution in [0.1, 0.15) is 23.1 Å². The molecule has 1 spiro atoms. The first-order valence-electron chi connectivity index (χ1n) is 11.0. The van der Waals surface area contributed by atoms with E-state index < -0.39 is 47.0 Å². The zero-order valence-electron chi connectivity index (χ0n) is 18.3. The topological polar surface area (TPSA) is 140 Å². The number of hydrogen-bond acceptors (Lipinski definition) is 7. The third-order valence-electron chi connectivity index (χ3n) is 7.16. The number of carbonyl (C=O) groups excluding carboxylic acids is 4. The molecular weight excluding hydrogens is 440 g/mol. The number of nitrogens with two attached hydrogens (primary N) is 1. The fraction of sp³-hybridized carbons (Fsp3) is 0.333. The number of nitrogens with one attached hydrogen (secondary N) is 2. The number of anilines is 1. The SMILES string of the molecule is Cc1ccc2c(c1)C1(NC(CC(N)=O)[C@H]3C(=O)N(Cc4ccc5c(c4)OCO5)C(=O)[C@H]31)C(=O)N2. The van der Waals surface area contributed by atoms with Gasteiger partial charge in [0.1, 0.15) is 5.54 Å². The van der Waals surface area contributed by atoms with Crippen molar-refractivity contribution in [2.75, 3.05) is 12.1 Å². The maximum Gasteiger partial charge on any atom is 0.250 e. The van der Waals surface area contributed by atoms with Gasteiger partial charge in [0, 0.05) is 23.7 Å². The van der Waals surface area contributed by atoms with Crippen LogP contribution in [0.4, 0.5) is 5.69 Å². The van der Waals surface area contributed by atoms with Crippen LogP contribution in [0.25, 0.3) is 0 Å². The van der Waals surface area contributed by atoms with Gasteiger partial charge in [-0.1, -0.05) is 23.8 Å². The van der Waals surface area contributed by atoms with Gasteiger partial charge in [-0.3, -0.25) is 29.4 Å². The lowest BCUT2D eigenvalue weighted by atomic mass is 9.76. The van der Waals surface area contributed by atoms with Crippen LogP contribution in [0.5, 0.6) is 11.5 Å². The van der Waals surface area contributed by atoms with Gasteiger partial charge in [-0.05, 0) is 30.7 Å². The fourth-order valence-corrected chi connectivity index (χ4v) is 5.74. The van der Waals surface area contributed by atoms with Crippen molar-refractivity contribution >= 4 is 29.3 Å². The smallest absolute Gasteiger partial charge is 0.250 e. The minimum absolute atomic E-state index is 0.0168. The lowest BCUT2D eigenvalue weighted by Gasteiger charge is -2.29. The standard InChI is InChI=1S/C24H22N4O6/c1-11-2-4-14-13(6-11)24(23(32)26-14)20-19(15(27-24)8-18(25)29)21(30)28(22(20)31)9-12-3-5-16-17(7-12)34-10-33-16/h2-7,15,19-20,27H,8-10H2,1H3,(H2,25,29)(H,26,32)/t15?,19-,20+,24?/m1/s1. The molecule has 10 nitrogen and oxygen atoms in total. The summed E-state index contributed by atoms with van der Waals surface area (Å²) in [6.45, 7) is 2.02. The molecule has 2 saturated heterocycles. The Morgan fingerprint density at radius 1 is 1.12 bits per heavy atom. The summed E-state index contributed by atoms with van der Waals surface area (Å²) in [6.07, 6.45) is -0.172. The molecule has 4 aliphatic rings. The van der Waals surface area contributed by atoms with Gasteiger partial charge in [-0.15, -0.1) is 0 Å². The van der Waals surface area contributed by atoms with Crippen molar-refractivity contribution in [1.82, 2.24) is 10.2 Å². The van der Waals surface area contributed by atoms with Crippen molar-refractivity contribution in [3.8, 4) is 11.5 Å². The first-order valence-corrected chi connectivity index (χ1v) is 11.0. The molecule has 10 heteroatoms. The van der Waals surface area contributed by atoms with Gasteiger partial charge in [-0.2, -0.15) is 0 Å². The zero-order valence-corrected chi connectivity index (χ0v) is 18.3.